The van der Waals surface area contributed by atoms with Crippen LogP contribution in [0, 0.1) is 0 Å². The molecule has 1 aromatic heterocycles. The maximum atomic E-state index is 12.5. The number of ether oxygens (including phenoxy) is 1. The first kappa shape index (κ1) is 22.6. The van der Waals surface area contributed by atoms with Crippen LogP contribution in [0.3, 0.4) is 0 Å². The van der Waals surface area contributed by atoms with Crippen molar-refractivity contribution in [2.24, 2.45) is 0 Å². The van der Waals surface area contributed by atoms with Gasteiger partial charge in [0.25, 0.3) is 0 Å². The van der Waals surface area contributed by atoms with Gasteiger partial charge in [0.15, 0.2) is 5.16 Å². The maximum absolute atomic E-state index is 12.5. The first-order chi connectivity index (χ1) is 15.0. The smallest absolute Gasteiger partial charge is 0.234 e. The van der Waals surface area contributed by atoms with E-state index in [1.54, 1.807) is 43.5 Å². The van der Waals surface area contributed by atoms with Crippen LogP contribution in [0.4, 0.5) is 11.4 Å². The third-order valence-corrected chi connectivity index (χ3v) is 5.45. The van der Waals surface area contributed by atoms with Crippen LogP contribution in [-0.4, -0.2) is 39.4 Å². The van der Waals surface area contributed by atoms with E-state index < -0.39 is 0 Å². The summed E-state index contributed by atoms with van der Waals surface area (Å²) in [5.41, 5.74) is 1.22. The zero-order chi connectivity index (χ0) is 22.2. The molecule has 10 heteroatoms. The fourth-order valence-corrected chi connectivity index (χ4v) is 3.87. The number of carbonyl (C=O) groups excluding carboxylic acids is 2. The number of thioether (sulfide) groups is 1. The molecule has 31 heavy (non-hydrogen) atoms. The van der Waals surface area contributed by atoms with E-state index in [1.165, 1.54) is 11.8 Å². The molecule has 0 aliphatic carbocycles. The van der Waals surface area contributed by atoms with Crippen LogP contribution in [-0.2, 0) is 22.6 Å². The fraction of sp³-hybridized carbons (Fsp3) is 0.238. The lowest BCUT2D eigenvalue weighted by atomic mass is 10.2. The Hall–Kier alpha value is -3.04. The van der Waals surface area contributed by atoms with E-state index in [4.69, 9.17) is 16.3 Å². The monoisotopic (exact) mass is 459 g/mol. The minimum atomic E-state index is -0.234. The second-order valence-electron chi connectivity index (χ2n) is 6.42. The van der Waals surface area contributed by atoms with E-state index in [1.807, 2.05) is 23.6 Å². The lowest BCUT2D eigenvalue weighted by Crippen LogP contribution is -2.18. The standard InChI is InChI=1S/C21H22ClN5O3S/c1-3-27-18(12-19(28)24-16-9-4-5-10-17(16)30-2)25-26-21(27)31-13-20(29)23-15-8-6-7-14(22)11-15/h4-11H,3,12-13H2,1-2H3,(H,23,29)(H,24,28). The van der Waals surface area contributed by atoms with Gasteiger partial charge in [0.05, 0.1) is 25.0 Å². The van der Waals surface area contributed by atoms with Crippen molar-refractivity contribution >= 4 is 46.6 Å². The molecule has 1 heterocycles. The predicted octanol–water partition coefficient (Wildman–Crippen LogP) is 3.87. The number of hydrogen-bond acceptors (Lipinski definition) is 6. The second kappa shape index (κ2) is 10.8. The summed E-state index contributed by atoms with van der Waals surface area (Å²) in [6.45, 7) is 2.50. The van der Waals surface area contributed by atoms with Gasteiger partial charge in [-0.25, -0.2) is 0 Å². The van der Waals surface area contributed by atoms with Crippen molar-refractivity contribution in [3.63, 3.8) is 0 Å². The number of nitrogens with zero attached hydrogens (tertiary/aromatic N) is 3. The summed E-state index contributed by atoms with van der Waals surface area (Å²) in [6.07, 6.45) is 0.0498. The van der Waals surface area contributed by atoms with Crippen LogP contribution in [0.15, 0.2) is 53.7 Å². The second-order valence-corrected chi connectivity index (χ2v) is 7.79. The predicted molar refractivity (Wildman–Crippen MR) is 122 cm³/mol. The zero-order valence-corrected chi connectivity index (χ0v) is 18.7. The molecule has 0 atom stereocenters. The molecule has 0 bridgehead atoms. The van der Waals surface area contributed by atoms with E-state index >= 15 is 0 Å². The van der Waals surface area contributed by atoms with Crippen LogP contribution in [0.1, 0.15) is 12.7 Å². The summed E-state index contributed by atoms with van der Waals surface area (Å²) in [5.74, 6) is 0.829. The molecule has 0 spiro atoms. The summed E-state index contributed by atoms with van der Waals surface area (Å²) in [6, 6.07) is 14.1. The Morgan fingerprint density at radius 2 is 1.90 bits per heavy atom. The molecule has 0 unspecified atom stereocenters. The van der Waals surface area contributed by atoms with Crippen LogP contribution in [0.25, 0.3) is 0 Å². The third kappa shape index (κ3) is 6.22. The first-order valence-electron chi connectivity index (χ1n) is 9.53. The Morgan fingerprint density at radius 1 is 1.10 bits per heavy atom. The molecule has 162 valence electrons. The number of halogens is 1. The number of anilines is 2. The van der Waals surface area contributed by atoms with Gasteiger partial charge in [0.2, 0.25) is 11.8 Å². The van der Waals surface area contributed by atoms with Gasteiger partial charge in [-0.1, -0.05) is 41.6 Å². The molecule has 3 rings (SSSR count). The Balaban J connectivity index is 1.59. The maximum Gasteiger partial charge on any atom is 0.234 e. The number of nitrogens with one attached hydrogen (secondary N) is 2. The lowest BCUT2D eigenvalue weighted by molar-refractivity contribution is -0.116. The number of aromatic nitrogens is 3. The largest absolute Gasteiger partial charge is 0.495 e. The number of benzene rings is 2. The van der Waals surface area contributed by atoms with Gasteiger partial charge in [0, 0.05) is 17.3 Å². The molecule has 0 radical (unpaired) electrons. The average Bonchev–Trinajstić information content (AvgIpc) is 3.13. The minimum absolute atomic E-state index is 0.0498. The average molecular weight is 460 g/mol. The third-order valence-electron chi connectivity index (χ3n) is 4.25. The van der Waals surface area contributed by atoms with Crippen LogP contribution in [0.5, 0.6) is 5.75 Å². The van der Waals surface area contributed by atoms with Crippen molar-refractivity contribution in [3.05, 3.63) is 59.4 Å². The molecular formula is C21H22ClN5O3S. The quantitative estimate of drug-likeness (QED) is 0.471. The number of methoxy groups -OCH3 is 1. The van der Waals surface area contributed by atoms with E-state index in [0.717, 1.165) is 0 Å². The molecule has 2 amide bonds. The number of para-hydroxylation sites is 2. The highest BCUT2D eigenvalue weighted by atomic mass is 35.5. The topological polar surface area (TPSA) is 98.1 Å². The van der Waals surface area contributed by atoms with Gasteiger partial charge in [-0.2, -0.15) is 0 Å². The zero-order valence-electron chi connectivity index (χ0n) is 17.1. The van der Waals surface area contributed by atoms with E-state index in [2.05, 4.69) is 20.8 Å². The minimum Gasteiger partial charge on any atom is -0.495 e. The SMILES string of the molecule is CCn1c(CC(=O)Nc2ccccc2OC)nnc1SCC(=O)Nc1cccc(Cl)c1. The van der Waals surface area contributed by atoms with Gasteiger partial charge < -0.3 is 19.9 Å². The van der Waals surface area contributed by atoms with Crippen LogP contribution < -0.4 is 15.4 Å². The highest BCUT2D eigenvalue weighted by molar-refractivity contribution is 7.99. The van der Waals surface area contributed by atoms with Crippen molar-refractivity contribution in [1.82, 2.24) is 14.8 Å². The summed E-state index contributed by atoms with van der Waals surface area (Å²) in [4.78, 5) is 24.7. The number of amides is 2. The summed E-state index contributed by atoms with van der Waals surface area (Å²) in [5, 5.41) is 15.0. The molecule has 0 aliphatic rings. The van der Waals surface area contributed by atoms with Crippen molar-refractivity contribution in [3.8, 4) is 5.75 Å². The van der Waals surface area contributed by atoms with Gasteiger partial charge in [0.1, 0.15) is 11.6 Å². The molecule has 2 aromatic carbocycles. The van der Waals surface area contributed by atoms with Gasteiger partial charge >= 0.3 is 0 Å². The Labute approximate surface area is 189 Å². The fourth-order valence-electron chi connectivity index (χ4n) is 2.85. The highest BCUT2D eigenvalue weighted by Crippen LogP contribution is 2.24. The number of rotatable bonds is 9. The van der Waals surface area contributed by atoms with E-state index in [-0.39, 0.29) is 24.0 Å². The number of hydrogen-bond donors (Lipinski definition) is 2. The normalized spacial score (nSPS) is 10.5. The summed E-state index contributed by atoms with van der Waals surface area (Å²) < 4.78 is 7.07. The van der Waals surface area contributed by atoms with Crippen molar-refractivity contribution in [1.29, 1.82) is 0 Å². The molecule has 0 fully saturated rings. The molecular weight excluding hydrogens is 438 g/mol. The van der Waals surface area contributed by atoms with Crippen molar-refractivity contribution < 1.29 is 14.3 Å². The lowest BCUT2D eigenvalue weighted by Gasteiger charge is -2.10. The first-order valence-corrected chi connectivity index (χ1v) is 10.9. The molecule has 2 N–H and O–H groups in total. The molecule has 0 saturated heterocycles. The van der Waals surface area contributed by atoms with E-state index in [0.29, 0.717) is 39.7 Å². The van der Waals surface area contributed by atoms with Crippen LogP contribution in [0.2, 0.25) is 5.02 Å². The van der Waals surface area contributed by atoms with Crippen LogP contribution >= 0.6 is 23.4 Å². The van der Waals surface area contributed by atoms with Gasteiger partial charge in [-0.3, -0.25) is 9.59 Å². The van der Waals surface area contributed by atoms with Crippen molar-refractivity contribution in [2.45, 2.75) is 25.0 Å². The number of carbonyl (C=O) groups is 2. The van der Waals surface area contributed by atoms with Gasteiger partial charge in [-0.05, 0) is 37.3 Å². The molecule has 0 saturated carbocycles. The summed E-state index contributed by atoms with van der Waals surface area (Å²) in [7, 11) is 1.55. The molecule has 3 aromatic rings. The summed E-state index contributed by atoms with van der Waals surface area (Å²) >= 11 is 7.19. The Morgan fingerprint density at radius 3 is 2.65 bits per heavy atom. The Bertz CT molecular complexity index is 1070. The molecule has 8 nitrogen and oxygen atoms in total. The highest BCUT2D eigenvalue weighted by Gasteiger charge is 2.17. The van der Waals surface area contributed by atoms with Crippen molar-refractivity contribution in [2.75, 3.05) is 23.5 Å². The van der Waals surface area contributed by atoms with Gasteiger partial charge in [-0.15, -0.1) is 10.2 Å². The molecule has 0 aliphatic heterocycles. The Kier molecular flexibility index (Phi) is 7.91. The van der Waals surface area contributed by atoms with E-state index in [9.17, 15) is 9.59 Å².